The van der Waals surface area contributed by atoms with Gasteiger partial charge in [-0.3, -0.25) is 10.1 Å². The maximum Gasteiger partial charge on any atom is 0.241 e. The van der Waals surface area contributed by atoms with Crippen LogP contribution in [0.3, 0.4) is 0 Å². The zero-order valence-electron chi connectivity index (χ0n) is 14.0. The quantitative estimate of drug-likeness (QED) is 0.859. The summed E-state index contributed by atoms with van der Waals surface area (Å²) < 4.78 is 0. The van der Waals surface area contributed by atoms with Crippen molar-refractivity contribution in [3.63, 3.8) is 0 Å². The van der Waals surface area contributed by atoms with Gasteiger partial charge in [0.2, 0.25) is 5.91 Å². The third-order valence-corrected chi connectivity index (χ3v) is 6.20. The topological polar surface area (TPSA) is 32.3 Å². The molecular formula is C18H32N2O. The second kappa shape index (κ2) is 6.28. The van der Waals surface area contributed by atoms with Crippen LogP contribution in [0.5, 0.6) is 0 Å². The van der Waals surface area contributed by atoms with Gasteiger partial charge in [0.15, 0.2) is 0 Å². The van der Waals surface area contributed by atoms with Crippen molar-refractivity contribution in [3.8, 4) is 0 Å². The fraction of sp³-hybridized carbons (Fsp3) is 0.944. The molecule has 1 heterocycles. The third kappa shape index (κ3) is 2.86. The van der Waals surface area contributed by atoms with Gasteiger partial charge in [0.1, 0.15) is 0 Å². The summed E-state index contributed by atoms with van der Waals surface area (Å²) >= 11 is 0. The molecule has 0 aromatic carbocycles. The molecule has 0 bridgehead atoms. The Kier molecular flexibility index (Phi) is 4.58. The summed E-state index contributed by atoms with van der Waals surface area (Å²) in [5.74, 6) is 2.18. The lowest BCUT2D eigenvalue weighted by Crippen LogP contribution is -2.49. The molecule has 1 amide bonds. The van der Waals surface area contributed by atoms with Crippen LogP contribution >= 0.6 is 0 Å². The molecule has 120 valence electrons. The fourth-order valence-electron chi connectivity index (χ4n) is 4.87. The van der Waals surface area contributed by atoms with E-state index in [0.29, 0.717) is 30.0 Å². The minimum atomic E-state index is 0.0412. The number of nitrogens with zero attached hydrogens (tertiary/aromatic N) is 1. The van der Waals surface area contributed by atoms with E-state index < -0.39 is 0 Å². The summed E-state index contributed by atoms with van der Waals surface area (Å²) in [6, 6.07) is 0.460. The first-order chi connectivity index (χ1) is 10.1. The van der Waals surface area contributed by atoms with Crippen molar-refractivity contribution in [2.75, 3.05) is 0 Å². The number of hydrogen-bond acceptors (Lipinski definition) is 2. The van der Waals surface area contributed by atoms with Crippen LogP contribution in [0.25, 0.3) is 0 Å². The Morgan fingerprint density at radius 2 is 1.57 bits per heavy atom. The van der Waals surface area contributed by atoms with Crippen LogP contribution in [0, 0.1) is 17.8 Å². The highest BCUT2D eigenvalue weighted by Gasteiger charge is 2.47. The van der Waals surface area contributed by atoms with Gasteiger partial charge in [0.25, 0.3) is 0 Å². The number of carbonyl (C=O) groups is 1. The van der Waals surface area contributed by atoms with E-state index in [1.165, 1.54) is 51.4 Å². The minimum Gasteiger partial charge on any atom is -0.323 e. The van der Waals surface area contributed by atoms with Gasteiger partial charge in [0, 0.05) is 6.04 Å². The van der Waals surface area contributed by atoms with E-state index in [0.717, 1.165) is 5.92 Å². The predicted octanol–water partition coefficient (Wildman–Crippen LogP) is 3.54. The molecule has 3 aliphatic rings. The molecule has 2 aliphatic carbocycles. The average molecular weight is 292 g/mol. The summed E-state index contributed by atoms with van der Waals surface area (Å²) in [4.78, 5) is 15.3. The van der Waals surface area contributed by atoms with Gasteiger partial charge in [0.05, 0.1) is 12.2 Å². The van der Waals surface area contributed by atoms with Crippen LogP contribution < -0.4 is 5.32 Å². The second-order valence-electron chi connectivity index (χ2n) is 7.91. The first-order valence-electron chi connectivity index (χ1n) is 9.18. The minimum absolute atomic E-state index is 0.0412. The van der Waals surface area contributed by atoms with Gasteiger partial charge in [-0.25, -0.2) is 0 Å². The van der Waals surface area contributed by atoms with Crippen LogP contribution in [0.4, 0.5) is 0 Å². The highest BCUT2D eigenvalue weighted by molar-refractivity contribution is 5.85. The SMILES string of the molecule is CC(C)C1NC(C2CCCC2)N(C(C)C2CCCC2)C1=O. The number of nitrogens with one attached hydrogen (secondary N) is 1. The van der Waals surface area contributed by atoms with Crippen LogP contribution in [0.2, 0.25) is 0 Å². The molecule has 0 radical (unpaired) electrons. The van der Waals surface area contributed by atoms with Crippen molar-refractivity contribution in [3.05, 3.63) is 0 Å². The highest BCUT2D eigenvalue weighted by atomic mass is 16.2. The predicted molar refractivity (Wildman–Crippen MR) is 85.8 cm³/mol. The first-order valence-corrected chi connectivity index (χ1v) is 9.18. The molecule has 0 aromatic rings. The van der Waals surface area contributed by atoms with E-state index in [1.54, 1.807) is 0 Å². The van der Waals surface area contributed by atoms with E-state index in [4.69, 9.17) is 0 Å². The number of hydrogen-bond donors (Lipinski definition) is 1. The van der Waals surface area contributed by atoms with Crippen molar-refractivity contribution in [1.29, 1.82) is 0 Å². The summed E-state index contributed by atoms with van der Waals surface area (Å²) in [6.07, 6.45) is 10.9. The van der Waals surface area contributed by atoms with Gasteiger partial charge >= 0.3 is 0 Å². The highest BCUT2D eigenvalue weighted by Crippen LogP contribution is 2.38. The first kappa shape index (κ1) is 15.3. The normalized spacial score (nSPS) is 33.5. The van der Waals surface area contributed by atoms with Crippen LogP contribution in [0.1, 0.15) is 72.1 Å². The Morgan fingerprint density at radius 3 is 2.14 bits per heavy atom. The van der Waals surface area contributed by atoms with E-state index in [2.05, 4.69) is 31.0 Å². The van der Waals surface area contributed by atoms with Gasteiger partial charge in [-0.1, -0.05) is 39.5 Å². The molecule has 1 aliphatic heterocycles. The molecule has 1 N–H and O–H groups in total. The maximum atomic E-state index is 13.0. The van der Waals surface area contributed by atoms with Gasteiger partial charge in [-0.05, 0) is 50.4 Å². The van der Waals surface area contributed by atoms with Crippen molar-refractivity contribution >= 4 is 5.91 Å². The Balaban J connectivity index is 1.79. The lowest BCUT2D eigenvalue weighted by atomic mass is 9.95. The van der Waals surface area contributed by atoms with Crippen LogP contribution in [-0.4, -0.2) is 29.1 Å². The van der Waals surface area contributed by atoms with Crippen LogP contribution in [0.15, 0.2) is 0 Å². The molecule has 21 heavy (non-hydrogen) atoms. The van der Waals surface area contributed by atoms with E-state index in [1.807, 2.05) is 0 Å². The monoisotopic (exact) mass is 292 g/mol. The molecule has 3 nitrogen and oxygen atoms in total. The van der Waals surface area contributed by atoms with Gasteiger partial charge in [-0.15, -0.1) is 0 Å². The maximum absolute atomic E-state index is 13.0. The molecule has 3 unspecified atom stereocenters. The van der Waals surface area contributed by atoms with Crippen molar-refractivity contribution in [2.24, 2.45) is 17.8 Å². The van der Waals surface area contributed by atoms with Crippen LogP contribution in [-0.2, 0) is 4.79 Å². The molecule has 3 heteroatoms. The second-order valence-corrected chi connectivity index (χ2v) is 7.91. The van der Waals surface area contributed by atoms with E-state index >= 15 is 0 Å². The van der Waals surface area contributed by atoms with E-state index in [-0.39, 0.29) is 6.04 Å². The fourth-order valence-corrected chi connectivity index (χ4v) is 4.87. The van der Waals surface area contributed by atoms with Gasteiger partial charge < -0.3 is 4.90 Å². The van der Waals surface area contributed by atoms with Crippen molar-refractivity contribution in [1.82, 2.24) is 10.2 Å². The smallest absolute Gasteiger partial charge is 0.241 e. The third-order valence-electron chi connectivity index (χ3n) is 6.20. The lowest BCUT2D eigenvalue weighted by Gasteiger charge is -2.36. The molecule has 0 aromatic heterocycles. The number of rotatable bonds is 4. The molecule has 2 saturated carbocycles. The Morgan fingerprint density at radius 1 is 1.00 bits per heavy atom. The standard InChI is InChI=1S/C18H32N2O/c1-12(2)16-18(21)20(13(3)14-8-4-5-9-14)17(19-16)15-10-6-7-11-15/h12-17,19H,4-11H2,1-3H3. The van der Waals surface area contributed by atoms with Gasteiger partial charge in [-0.2, -0.15) is 0 Å². The molecule has 1 saturated heterocycles. The molecule has 3 fully saturated rings. The Labute approximate surface area is 129 Å². The summed E-state index contributed by atoms with van der Waals surface area (Å²) in [6.45, 7) is 6.65. The molecule has 3 atom stereocenters. The van der Waals surface area contributed by atoms with Crippen molar-refractivity contribution < 1.29 is 4.79 Å². The summed E-state index contributed by atoms with van der Waals surface area (Å²) in [7, 11) is 0. The molecular weight excluding hydrogens is 260 g/mol. The summed E-state index contributed by atoms with van der Waals surface area (Å²) in [5, 5.41) is 3.71. The zero-order chi connectivity index (χ0) is 15.0. The Hall–Kier alpha value is -0.570. The van der Waals surface area contributed by atoms with E-state index in [9.17, 15) is 4.79 Å². The molecule has 0 spiro atoms. The van der Waals surface area contributed by atoms with Crippen molar-refractivity contribution in [2.45, 2.75) is 90.4 Å². The number of amides is 1. The zero-order valence-corrected chi connectivity index (χ0v) is 14.0. The lowest BCUT2D eigenvalue weighted by molar-refractivity contribution is -0.134. The largest absolute Gasteiger partial charge is 0.323 e. The average Bonchev–Trinajstić information content (AvgIpc) is 3.18. The Bertz CT molecular complexity index is 369. The molecule has 3 rings (SSSR count). The summed E-state index contributed by atoms with van der Waals surface area (Å²) in [5.41, 5.74) is 0. The number of carbonyl (C=O) groups excluding carboxylic acids is 1.